The van der Waals surface area contributed by atoms with Crippen molar-refractivity contribution in [3.05, 3.63) is 80.8 Å². The molecule has 1 N–H and O–H groups in total. The molecule has 1 heterocycles. The first kappa shape index (κ1) is 17.1. The number of halogens is 1. The number of fused-ring (bicyclic) bond motifs is 1. The fourth-order valence-corrected chi connectivity index (χ4v) is 2.65. The van der Waals surface area contributed by atoms with Crippen molar-refractivity contribution < 1.29 is 4.79 Å². The Balaban J connectivity index is 1.73. The third kappa shape index (κ3) is 4.22. The lowest BCUT2D eigenvalue weighted by molar-refractivity contribution is -0.125. The lowest BCUT2D eigenvalue weighted by Gasteiger charge is -2.14. The van der Waals surface area contributed by atoms with Gasteiger partial charge in [0.05, 0.1) is 17.4 Å². The molecule has 2 aromatic carbocycles. The number of nitrogens with zero attached hydrogens (tertiary/aromatic N) is 2. The highest BCUT2D eigenvalue weighted by molar-refractivity contribution is 9.10. The number of rotatable bonds is 4. The number of H-pyrrole nitrogens is 1. The van der Waals surface area contributed by atoms with Crippen LogP contribution in [0.4, 0.5) is 0 Å². The zero-order valence-electron chi connectivity index (χ0n) is 13.6. The summed E-state index contributed by atoms with van der Waals surface area (Å²) in [6.45, 7) is 0.226. The number of amides is 1. The van der Waals surface area contributed by atoms with Gasteiger partial charge in [-0.05, 0) is 35.9 Å². The van der Waals surface area contributed by atoms with E-state index in [1.54, 1.807) is 31.3 Å². The number of carbonyl (C=O) groups excluding carboxylic acids is 1. The van der Waals surface area contributed by atoms with Gasteiger partial charge in [0.1, 0.15) is 5.82 Å². The monoisotopic (exact) mass is 397 g/mol. The molecule has 25 heavy (non-hydrogen) atoms. The van der Waals surface area contributed by atoms with Crippen molar-refractivity contribution in [2.24, 2.45) is 0 Å². The van der Waals surface area contributed by atoms with Crippen LogP contribution in [0, 0.1) is 0 Å². The van der Waals surface area contributed by atoms with Crippen LogP contribution in [0.2, 0.25) is 0 Å². The summed E-state index contributed by atoms with van der Waals surface area (Å²) in [6.07, 6.45) is 3.25. The fourth-order valence-electron chi connectivity index (χ4n) is 2.38. The maximum atomic E-state index is 12.2. The van der Waals surface area contributed by atoms with Gasteiger partial charge in [0.25, 0.3) is 5.56 Å². The van der Waals surface area contributed by atoms with Crippen LogP contribution in [0.25, 0.3) is 17.0 Å². The average molecular weight is 398 g/mol. The molecule has 126 valence electrons. The molecule has 1 amide bonds. The van der Waals surface area contributed by atoms with Gasteiger partial charge in [-0.1, -0.05) is 40.2 Å². The summed E-state index contributed by atoms with van der Waals surface area (Å²) in [4.78, 5) is 33.0. The first-order valence-corrected chi connectivity index (χ1v) is 8.49. The molecule has 0 aliphatic carbocycles. The van der Waals surface area contributed by atoms with Crippen LogP contribution in [0.5, 0.6) is 0 Å². The van der Waals surface area contributed by atoms with E-state index in [0.29, 0.717) is 16.7 Å². The van der Waals surface area contributed by atoms with E-state index < -0.39 is 0 Å². The smallest absolute Gasteiger partial charge is 0.258 e. The van der Waals surface area contributed by atoms with Gasteiger partial charge in [-0.3, -0.25) is 9.59 Å². The maximum Gasteiger partial charge on any atom is 0.258 e. The number of aromatic amines is 1. The summed E-state index contributed by atoms with van der Waals surface area (Å²) in [6, 6.07) is 14.8. The van der Waals surface area contributed by atoms with Crippen molar-refractivity contribution >= 4 is 38.8 Å². The predicted molar refractivity (Wildman–Crippen MR) is 102 cm³/mol. The molecule has 0 unspecified atom stereocenters. The Hall–Kier alpha value is -2.73. The van der Waals surface area contributed by atoms with Crippen molar-refractivity contribution in [1.82, 2.24) is 14.9 Å². The number of hydrogen-bond acceptors (Lipinski definition) is 3. The molecule has 0 aliphatic rings. The van der Waals surface area contributed by atoms with Crippen LogP contribution in [0.15, 0.2) is 63.9 Å². The molecule has 6 heteroatoms. The Morgan fingerprint density at radius 2 is 1.92 bits per heavy atom. The summed E-state index contributed by atoms with van der Waals surface area (Å²) < 4.78 is 0.986. The van der Waals surface area contributed by atoms with E-state index in [2.05, 4.69) is 25.9 Å². The molecule has 0 aliphatic heterocycles. The normalized spacial score (nSPS) is 11.1. The molecule has 0 saturated heterocycles. The molecule has 0 radical (unpaired) electrons. The number of para-hydroxylation sites is 1. The van der Waals surface area contributed by atoms with E-state index in [4.69, 9.17) is 0 Å². The SMILES string of the molecule is CN(Cc1nc2ccccc2c(=O)[nH]1)C(=O)/C=C/c1ccc(Br)cc1. The quantitative estimate of drug-likeness (QED) is 0.686. The predicted octanol–water partition coefficient (Wildman–Crippen LogP) is 3.36. The van der Waals surface area contributed by atoms with Crippen LogP contribution in [-0.4, -0.2) is 27.8 Å². The molecular formula is C19H16BrN3O2. The van der Waals surface area contributed by atoms with Gasteiger partial charge in [-0.15, -0.1) is 0 Å². The van der Waals surface area contributed by atoms with Crippen LogP contribution >= 0.6 is 15.9 Å². The number of hydrogen-bond donors (Lipinski definition) is 1. The third-order valence-corrected chi connectivity index (χ3v) is 4.24. The largest absolute Gasteiger partial charge is 0.335 e. The Labute approximate surface area is 153 Å². The second-order valence-corrected chi connectivity index (χ2v) is 6.52. The van der Waals surface area contributed by atoms with Crippen molar-refractivity contribution in [2.45, 2.75) is 6.54 Å². The number of carbonyl (C=O) groups is 1. The van der Waals surface area contributed by atoms with Crippen molar-refractivity contribution in [1.29, 1.82) is 0 Å². The molecule has 1 aromatic heterocycles. The van der Waals surface area contributed by atoms with Gasteiger partial charge in [0.2, 0.25) is 5.91 Å². The number of aromatic nitrogens is 2. The summed E-state index contributed by atoms with van der Waals surface area (Å²) >= 11 is 3.37. The summed E-state index contributed by atoms with van der Waals surface area (Å²) in [5, 5.41) is 0.537. The van der Waals surface area contributed by atoms with Crippen molar-refractivity contribution in [3.63, 3.8) is 0 Å². The molecule has 5 nitrogen and oxygen atoms in total. The maximum absolute atomic E-state index is 12.2. The van der Waals surface area contributed by atoms with E-state index in [1.807, 2.05) is 30.3 Å². The Morgan fingerprint density at radius 1 is 1.20 bits per heavy atom. The third-order valence-electron chi connectivity index (χ3n) is 3.71. The average Bonchev–Trinajstić information content (AvgIpc) is 2.61. The topological polar surface area (TPSA) is 66.1 Å². The van der Waals surface area contributed by atoms with Crippen molar-refractivity contribution in [3.8, 4) is 0 Å². The molecule has 0 atom stereocenters. The van der Waals surface area contributed by atoms with Crippen LogP contribution in [0.1, 0.15) is 11.4 Å². The fraction of sp³-hybridized carbons (Fsp3) is 0.105. The minimum Gasteiger partial charge on any atom is -0.335 e. The summed E-state index contributed by atoms with van der Waals surface area (Å²) in [5.74, 6) is 0.287. The highest BCUT2D eigenvalue weighted by Gasteiger charge is 2.09. The number of nitrogens with one attached hydrogen (secondary N) is 1. The summed E-state index contributed by atoms with van der Waals surface area (Å²) in [5.41, 5.74) is 1.35. The first-order valence-electron chi connectivity index (χ1n) is 7.69. The second kappa shape index (κ2) is 7.44. The van der Waals surface area contributed by atoms with Gasteiger partial charge in [-0.25, -0.2) is 4.98 Å². The first-order chi connectivity index (χ1) is 12.0. The molecule has 0 spiro atoms. The highest BCUT2D eigenvalue weighted by atomic mass is 79.9. The van der Waals surface area contributed by atoms with E-state index in [-0.39, 0.29) is 18.0 Å². The molecule has 3 rings (SSSR count). The van der Waals surface area contributed by atoms with Gasteiger partial charge in [0, 0.05) is 17.6 Å². The minimum atomic E-state index is -0.202. The molecule has 0 fully saturated rings. The number of likely N-dealkylation sites (N-methyl/N-ethyl adjacent to an activating group) is 1. The van der Waals surface area contributed by atoms with Crippen LogP contribution < -0.4 is 5.56 Å². The Bertz CT molecular complexity index is 993. The molecule has 0 saturated carbocycles. The standard InChI is InChI=1S/C19H16BrN3O2/c1-23(18(24)11-8-13-6-9-14(20)10-7-13)12-17-21-16-5-3-2-4-15(16)19(25)22-17/h2-11H,12H2,1H3,(H,21,22,25)/b11-8+. The molecule has 0 bridgehead atoms. The molecule has 3 aromatic rings. The lowest BCUT2D eigenvalue weighted by atomic mass is 10.2. The summed E-state index contributed by atoms with van der Waals surface area (Å²) in [7, 11) is 1.67. The zero-order chi connectivity index (χ0) is 17.8. The van der Waals surface area contributed by atoms with E-state index in [1.165, 1.54) is 11.0 Å². The van der Waals surface area contributed by atoms with E-state index in [0.717, 1.165) is 10.0 Å². The zero-order valence-corrected chi connectivity index (χ0v) is 15.2. The Morgan fingerprint density at radius 3 is 2.68 bits per heavy atom. The van der Waals surface area contributed by atoms with E-state index >= 15 is 0 Å². The van der Waals surface area contributed by atoms with Crippen molar-refractivity contribution in [2.75, 3.05) is 7.05 Å². The molecular weight excluding hydrogens is 382 g/mol. The lowest BCUT2D eigenvalue weighted by Crippen LogP contribution is -2.26. The van der Waals surface area contributed by atoms with Gasteiger partial charge >= 0.3 is 0 Å². The van der Waals surface area contributed by atoms with Crippen LogP contribution in [0.3, 0.4) is 0 Å². The highest BCUT2D eigenvalue weighted by Crippen LogP contribution is 2.12. The second-order valence-electron chi connectivity index (χ2n) is 5.61. The number of benzene rings is 2. The van der Waals surface area contributed by atoms with E-state index in [9.17, 15) is 9.59 Å². The Kier molecular flexibility index (Phi) is 5.09. The minimum absolute atomic E-state index is 0.168. The van der Waals surface area contributed by atoms with Gasteiger partial charge in [-0.2, -0.15) is 0 Å². The van der Waals surface area contributed by atoms with Crippen LogP contribution in [-0.2, 0) is 11.3 Å². The van der Waals surface area contributed by atoms with Gasteiger partial charge < -0.3 is 9.88 Å². The van der Waals surface area contributed by atoms with Gasteiger partial charge in [0.15, 0.2) is 0 Å².